The molecule has 4 heteroatoms. The fraction of sp³-hybridized carbons (Fsp3) is 0.875. The molecule has 0 heterocycles. The maximum Gasteiger partial charge on any atom is 0.375 e. The predicted octanol–water partition coefficient (Wildman–Crippen LogP) is 2.23. The number of rotatable bonds is 2. The number of carbonyl (C=O) groups excluding carboxylic acids is 2. The molecule has 4 aliphatic rings. The van der Waals surface area contributed by atoms with E-state index in [0.29, 0.717) is 18.3 Å². The Morgan fingerprint density at radius 1 is 1.10 bits per heavy atom. The van der Waals surface area contributed by atoms with Crippen molar-refractivity contribution < 1.29 is 19.4 Å². The highest BCUT2D eigenvalue weighted by atomic mass is 16.6. The molecule has 0 aromatic rings. The molecule has 4 saturated carbocycles. The standard InChI is InChI=1S/C16H24O4/c1-14(2,3)20-13(18)12(17)15-5-10-4-11(6-15)8-16(19,7-10)9-15/h10-11,19H,4-9H2,1-3H3. The second-order valence-electron chi connectivity index (χ2n) is 8.30. The van der Waals surface area contributed by atoms with E-state index in [-0.39, 0.29) is 0 Å². The van der Waals surface area contributed by atoms with Crippen molar-refractivity contribution in [3.63, 3.8) is 0 Å². The third kappa shape index (κ3) is 2.28. The highest BCUT2D eigenvalue weighted by Crippen LogP contribution is 2.62. The molecule has 2 unspecified atom stereocenters. The summed E-state index contributed by atoms with van der Waals surface area (Å²) >= 11 is 0. The maximum atomic E-state index is 12.6. The monoisotopic (exact) mass is 280 g/mol. The van der Waals surface area contributed by atoms with Crippen molar-refractivity contribution in [3.8, 4) is 0 Å². The van der Waals surface area contributed by atoms with Gasteiger partial charge in [0.15, 0.2) is 0 Å². The summed E-state index contributed by atoms with van der Waals surface area (Å²) in [5, 5.41) is 10.6. The van der Waals surface area contributed by atoms with E-state index in [9.17, 15) is 14.7 Å². The van der Waals surface area contributed by atoms with Crippen LogP contribution in [0.25, 0.3) is 0 Å². The largest absolute Gasteiger partial charge is 0.454 e. The lowest BCUT2D eigenvalue weighted by atomic mass is 9.47. The van der Waals surface area contributed by atoms with Crippen LogP contribution in [0.4, 0.5) is 0 Å². The third-order valence-corrected chi connectivity index (χ3v) is 5.10. The molecular weight excluding hydrogens is 256 g/mol. The van der Waals surface area contributed by atoms with Crippen molar-refractivity contribution in [3.05, 3.63) is 0 Å². The quantitative estimate of drug-likeness (QED) is 0.622. The number of hydrogen-bond acceptors (Lipinski definition) is 4. The van der Waals surface area contributed by atoms with Gasteiger partial charge >= 0.3 is 5.97 Å². The lowest BCUT2D eigenvalue weighted by Gasteiger charge is -2.59. The van der Waals surface area contributed by atoms with Crippen LogP contribution in [0.2, 0.25) is 0 Å². The molecule has 112 valence electrons. The molecule has 1 N–H and O–H groups in total. The molecule has 4 rings (SSSR count). The van der Waals surface area contributed by atoms with Crippen LogP contribution in [0.1, 0.15) is 59.3 Å². The molecule has 0 aromatic carbocycles. The second kappa shape index (κ2) is 4.06. The van der Waals surface area contributed by atoms with Crippen LogP contribution in [-0.4, -0.2) is 28.1 Å². The van der Waals surface area contributed by atoms with Crippen molar-refractivity contribution in [2.45, 2.75) is 70.5 Å². The molecule has 4 nitrogen and oxygen atoms in total. The summed E-state index contributed by atoms with van der Waals surface area (Å²) in [7, 11) is 0. The van der Waals surface area contributed by atoms with Gasteiger partial charge in [0.2, 0.25) is 5.78 Å². The van der Waals surface area contributed by atoms with Crippen molar-refractivity contribution in [2.24, 2.45) is 17.3 Å². The fourth-order valence-corrected chi connectivity index (χ4v) is 5.02. The summed E-state index contributed by atoms with van der Waals surface area (Å²) in [6, 6.07) is 0. The molecule has 4 bridgehead atoms. The Labute approximate surface area is 119 Å². The zero-order chi connectivity index (χ0) is 14.8. The molecule has 20 heavy (non-hydrogen) atoms. The number of hydrogen-bond donors (Lipinski definition) is 1. The van der Waals surface area contributed by atoms with E-state index in [1.807, 2.05) is 0 Å². The number of esters is 1. The number of Topliss-reactive ketones (excluding diaryl/α,β-unsaturated/α-hetero) is 1. The van der Waals surface area contributed by atoms with E-state index < -0.39 is 28.4 Å². The maximum absolute atomic E-state index is 12.6. The Morgan fingerprint density at radius 2 is 1.65 bits per heavy atom. The van der Waals surface area contributed by atoms with Gasteiger partial charge in [-0.2, -0.15) is 0 Å². The smallest absolute Gasteiger partial charge is 0.375 e. The SMILES string of the molecule is CC(C)(C)OC(=O)C(=O)C12CC3CC(CC(O)(C3)C1)C2. The van der Waals surface area contributed by atoms with Gasteiger partial charge in [0.1, 0.15) is 5.60 Å². The summed E-state index contributed by atoms with van der Waals surface area (Å²) in [5.41, 5.74) is -2.02. The van der Waals surface area contributed by atoms with Gasteiger partial charge < -0.3 is 9.84 Å². The van der Waals surface area contributed by atoms with Crippen LogP contribution in [-0.2, 0) is 14.3 Å². The number of aliphatic hydroxyl groups is 1. The van der Waals surface area contributed by atoms with Gasteiger partial charge in [-0.05, 0) is 71.1 Å². The molecule has 4 fully saturated rings. The van der Waals surface area contributed by atoms with Crippen LogP contribution in [0.15, 0.2) is 0 Å². The summed E-state index contributed by atoms with van der Waals surface area (Å²) in [4.78, 5) is 24.8. The minimum atomic E-state index is -0.720. The Balaban J connectivity index is 1.82. The highest BCUT2D eigenvalue weighted by molar-refractivity contribution is 6.36. The first-order valence-corrected chi connectivity index (χ1v) is 7.61. The zero-order valence-corrected chi connectivity index (χ0v) is 12.6. The van der Waals surface area contributed by atoms with Crippen LogP contribution in [0, 0.1) is 17.3 Å². The Bertz CT molecular complexity index is 446. The summed E-state index contributed by atoms with van der Waals surface area (Å²) in [6.07, 6.45) is 4.66. The van der Waals surface area contributed by atoms with Crippen molar-refractivity contribution in [2.75, 3.05) is 0 Å². The average molecular weight is 280 g/mol. The van der Waals surface area contributed by atoms with E-state index in [1.54, 1.807) is 20.8 Å². The van der Waals surface area contributed by atoms with Crippen LogP contribution in [0.5, 0.6) is 0 Å². The number of ether oxygens (including phenoxy) is 1. The van der Waals surface area contributed by atoms with Gasteiger partial charge in [-0.15, -0.1) is 0 Å². The van der Waals surface area contributed by atoms with Crippen LogP contribution in [0.3, 0.4) is 0 Å². The molecule has 0 aliphatic heterocycles. The van der Waals surface area contributed by atoms with E-state index >= 15 is 0 Å². The molecule has 0 saturated heterocycles. The van der Waals surface area contributed by atoms with Gasteiger partial charge in [-0.1, -0.05) is 0 Å². The molecule has 0 aromatic heterocycles. The number of carbonyl (C=O) groups is 2. The van der Waals surface area contributed by atoms with E-state index in [4.69, 9.17) is 4.74 Å². The van der Waals surface area contributed by atoms with E-state index in [1.165, 1.54) is 0 Å². The molecular formula is C16H24O4. The third-order valence-electron chi connectivity index (χ3n) is 5.10. The Hall–Kier alpha value is -0.900. The van der Waals surface area contributed by atoms with Crippen molar-refractivity contribution >= 4 is 11.8 Å². The molecule has 2 atom stereocenters. The normalized spacial score (nSPS) is 42.6. The van der Waals surface area contributed by atoms with Crippen molar-refractivity contribution in [1.29, 1.82) is 0 Å². The molecule has 0 spiro atoms. The Morgan fingerprint density at radius 3 is 2.10 bits per heavy atom. The molecule has 0 radical (unpaired) electrons. The average Bonchev–Trinajstić information content (AvgIpc) is 2.21. The fourth-order valence-electron chi connectivity index (χ4n) is 5.02. The first kappa shape index (κ1) is 14.1. The highest BCUT2D eigenvalue weighted by Gasteiger charge is 2.61. The minimum absolute atomic E-state index is 0.396. The first-order chi connectivity index (χ1) is 9.11. The molecule has 4 aliphatic carbocycles. The molecule has 0 amide bonds. The van der Waals surface area contributed by atoms with Gasteiger partial charge in [0.05, 0.1) is 5.60 Å². The Kier molecular flexibility index (Phi) is 2.85. The predicted molar refractivity (Wildman–Crippen MR) is 72.9 cm³/mol. The van der Waals surface area contributed by atoms with Crippen LogP contribution >= 0.6 is 0 Å². The zero-order valence-electron chi connectivity index (χ0n) is 12.6. The number of ketones is 1. The van der Waals surface area contributed by atoms with Crippen LogP contribution < -0.4 is 0 Å². The topological polar surface area (TPSA) is 63.6 Å². The summed E-state index contributed by atoms with van der Waals surface area (Å²) < 4.78 is 5.25. The summed E-state index contributed by atoms with van der Waals surface area (Å²) in [5.74, 6) is -0.330. The minimum Gasteiger partial charge on any atom is -0.454 e. The van der Waals surface area contributed by atoms with Gasteiger partial charge in [0, 0.05) is 5.41 Å². The summed E-state index contributed by atoms with van der Waals surface area (Å²) in [6.45, 7) is 5.31. The van der Waals surface area contributed by atoms with Gasteiger partial charge in [0.25, 0.3) is 0 Å². The van der Waals surface area contributed by atoms with E-state index in [2.05, 4.69) is 0 Å². The van der Waals surface area contributed by atoms with Gasteiger partial charge in [-0.25, -0.2) is 4.79 Å². The van der Waals surface area contributed by atoms with Crippen molar-refractivity contribution in [1.82, 2.24) is 0 Å². The lowest BCUT2D eigenvalue weighted by molar-refractivity contribution is -0.187. The lowest BCUT2D eigenvalue weighted by Crippen LogP contribution is -2.59. The van der Waals surface area contributed by atoms with Gasteiger partial charge in [-0.3, -0.25) is 4.79 Å². The van der Waals surface area contributed by atoms with E-state index in [0.717, 1.165) is 32.1 Å². The first-order valence-electron chi connectivity index (χ1n) is 7.61. The second-order valence-corrected chi connectivity index (χ2v) is 8.30.